The second-order valence-corrected chi connectivity index (χ2v) is 47.2. The third-order valence-electron chi connectivity index (χ3n) is 11.6. The molecule has 4 saturated heterocycles. The fraction of sp³-hybridized carbons (Fsp3) is 0.561. The Balaban J connectivity index is 0.000000405. The van der Waals surface area contributed by atoms with Crippen LogP contribution in [0.2, 0.25) is 0 Å². The number of nitro groups is 4. The SMILES string of the molecule is C.C=C[C@H](C)[C@@H]1O[C@@H]2C[C@@H]([C@@H](O)CO)O[C@@H]2C[C@@H]1O.C=C[C@H](C)[C@@H]1O[C@@H]2C[C@@H]([C@@H](O)COC(=O)c3cc([N+](=O)[O-])cc([N+](=O)[O-])c3)O[C@@H]2C[C@@H]1O.O=C(Cl)c1cc([N+](=O)[O-])cc([N+](=O)[O-])c1.S=S=S=S=S=S=S=S=S=S=S=S=S=S=S=S=S=S=S. The molecule has 0 bridgehead atoms. The Morgan fingerprint density at radius 3 is 1.19 bits per heavy atom. The van der Waals surface area contributed by atoms with E-state index in [9.17, 15) is 70.5 Å². The number of fused-ring (bicyclic) bond motifs is 2. The number of rotatable bonds is 15. The van der Waals surface area contributed by atoms with Gasteiger partial charge in [-0.15, -0.1) is 13.2 Å². The first kappa shape index (κ1) is 79.9. The Morgan fingerprint density at radius 1 is 0.588 bits per heavy atom. The minimum absolute atomic E-state index is 0. The number of ether oxygens (including phenoxy) is 5. The van der Waals surface area contributed by atoms with Crippen LogP contribution in [0, 0.1) is 52.3 Å². The summed E-state index contributed by atoms with van der Waals surface area (Å²) in [4.78, 5) is 62.3. The summed E-state index contributed by atoms with van der Waals surface area (Å²) < 4.78 is 28.2. The van der Waals surface area contributed by atoms with Gasteiger partial charge in [-0.1, -0.05) is 33.4 Å². The summed E-state index contributed by atoms with van der Waals surface area (Å²) in [6.45, 7) is 10.4. The molecule has 0 amide bonds. The summed E-state index contributed by atoms with van der Waals surface area (Å²) in [5, 5.41) is 90.9. The summed E-state index contributed by atoms with van der Waals surface area (Å²) in [6.07, 6.45) is -1.19. The van der Waals surface area contributed by atoms with Crippen molar-refractivity contribution < 1.29 is 78.5 Å². The molecule has 2 aromatic carbocycles. The van der Waals surface area contributed by atoms with Crippen LogP contribution in [0.4, 0.5) is 22.7 Å². The molecule has 85 heavy (non-hydrogen) atoms. The number of benzene rings is 2. The minimum Gasteiger partial charge on any atom is -0.459 e. The molecular formula is C41H53ClN4O20S19. The maximum absolute atomic E-state index is 12.3. The number of aliphatic hydroxyl groups is 5. The van der Waals surface area contributed by atoms with Crippen molar-refractivity contribution in [3.05, 3.63) is 113 Å². The highest BCUT2D eigenvalue weighted by Crippen LogP contribution is 2.38. The van der Waals surface area contributed by atoms with E-state index < -0.39 is 109 Å². The van der Waals surface area contributed by atoms with Crippen LogP contribution in [0.25, 0.3) is 0 Å². The van der Waals surface area contributed by atoms with Gasteiger partial charge in [0.25, 0.3) is 28.0 Å². The lowest BCUT2D eigenvalue weighted by Gasteiger charge is -2.37. The highest BCUT2D eigenvalue weighted by atomic mass is 35.5. The van der Waals surface area contributed by atoms with E-state index in [2.05, 4.69) is 13.2 Å². The summed E-state index contributed by atoms with van der Waals surface area (Å²) in [6, 6.07) is 4.96. The summed E-state index contributed by atoms with van der Waals surface area (Å²) in [5.41, 5.74) is -3.02. The molecular weight excluding hydrogens is 1510 g/mol. The Kier molecular flexibility index (Phi) is 40.9. The average molecular weight is 1570 g/mol. The monoisotopic (exact) mass is 1560 g/mol. The number of aliphatic hydroxyl groups excluding tert-OH is 5. The first-order valence-corrected chi connectivity index (χ1v) is 47.4. The lowest BCUT2D eigenvalue weighted by atomic mass is 9.90. The molecule has 0 saturated carbocycles. The summed E-state index contributed by atoms with van der Waals surface area (Å²) in [7, 11) is 29.0. The van der Waals surface area contributed by atoms with E-state index >= 15 is 0 Å². The predicted octanol–water partition coefficient (Wildman–Crippen LogP) is 3.83. The van der Waals surface area contributed by atoms with Gasteiger partial charge in [0.15, 0.2) is 0 Å². The molecule has 14 atom stereocenters. The van der Waals surface area contributed by atoms with Crippen molar-refractivity contribution in [1.29, 1.82) is 0 Å². The van der Waals surface area contributed by atoms with E-state index in [1.54, 1.807) is 145 Å². The molecule has 4 aliphatic heterocycles. The molecule has 0 aromatic heterocycles. The molecule has 24 nitrogen and oxygen atoms in total. The molecule has 0 radical (unpaired) electrons. The van der Waals surface area contributed by atoms with E-state index in [1.165, 1.54) is 17.8 Å². The lowest BCUT2D eigenvalue weighted by Crippen LogP contribution is -2.47. The number of hydrogen-bond donors (Lipinski definition) is 5. The predicted molar refractivity (Wildman–Crippen MR) is 370 cm³/mol. The van der Waals surface area contributed by atoms with Crippen LogP contribution in [0.1, 0.15) is 67.7 Å². The quantitative estimate of drug-likeness (QED) is 0.0556. The number of esters is 1. The third kappa shape index (κ3) is 28.4. The number of halogens is 1. The van der Waals surface area contributed by atoms with Gasteiger partial charge in [0.2, 0.25) is 0 Å². The van der Waals surface area contributed by atoms with Crippen LogP contribution in [-0.4, -0.2) is 143 Å². The van der Waals surface area contributed by atoms with E-state index in [4.69, 9.17) is 62.8 Å². The number of nitrogens with zero attached hydrogens (tertiary/aromatic N) is 4. The van der Waals surface area contributed by atoms with Crippen molar-refractivity contribution in [1.82, 2.24) is 0 Å². The van der Waals surface area contributed by atoms with Gasteiger partial charge in [-0.3, -0.25) is 45.3 Å². The smallest absolute Gasteiger partial charge is 0.338 e. The molecule has 4 heterocycles. The fourth-order valence-corrected chi connectivity index (χ4v) is 49.0. The molecule has 0 unspecified atom stereocenters. The topological polar surface area (TPSA) is 354 Å². The highest BCUT2D eigenvalue weighted by Gasteiger charge is 2.48. The second-order valence-electron chi connectivity index (χ2n) is 16.8. The van der Waals surface area contributed by atoms with Crippen molar-refractivity contribution >= 4 is 219 Å². The molecule has 2 aromatic rings. The molecule has 0 aliphatic carbocycles. The molecule has 478 valence electrons. The molecule has 6 rings (SSSR count). The van der Waals surface area contributed by atoms with Crippen LogP contribution in [0.15, 0.2) is 61.7 Å². The van der Waals surface area contributed by atoms with E-state index in [0.717, 1.165) is 36.4 Å². The lowest BCUT2D eigenvalue weighted by molar-refractivity contribution is -0.394. The minimum atomic E-state index is -1.23. The van der Waals surface area contributed by atoms with Crippen molar-refractivity contribution in [2.75, 3.05) is 13.2 Å². The van der Waals surface area contributed by atoms with Gasteiger partial charge in [-0.05, 0) is 11.6 Å². The fourth-order valence-electron chi connectivity index (χ4n) is 7.72. The van der Waals surface area contributed by atoms with Crippen molar-refractivity contribution in [3.63, 3.8) is 0 Å². The summed E-state index contributed by atoms with van der Waals surface area (Å²) in [5.74, 6) is -1.06. The Bertz CT molecular complexity index is 3380. The number of non-ortho nitro benzene ring substituents is 4. The van der Waals surface area contributed by atoms with Gasteiger partial charge in [0.05, 0.1) is 105 Å². The number of carbonyl (C=O) groups excluding carboxylic acids is 2. The van der Waals surface area contributed by atoms with Gasteiger partial charge < -0.3 is 49.2 Å². The van der Waals surface area contributed by atoms with E-state index in [0.29, 0.717) is 25.7 Å². The zero-order valence-corrected chi connectivity index (χ0v) is 58.9. The maximum Gasteiger partial charge on any atom is 0.338 e. The first-order valence-electron chi connectivity index (χ1n) is 23.0. The van der Waals surface area contributed by atoms with Crippen LogP contribution in [0.5, 0.6) is 0 Å². The number of hydrogen-bond acceptors (Lipinski definition) is 22. The molecule has 44 heteroatoms. The van der Waals surface area contributed by atoms with Gasteiger partial charge in [0, 0.05) is 241 Å². The maximum atomic E-state index is 12.3. The zero-order valence-electron chi connectivity index (χ0n) is 42.6. The van der Waals surface area contributed by atoms with Crippen LogP contribution >= 0.6 is 11.6 Å². The molecule has 4 aliphatic rings. The van der Waals surface area contributed by atoms with Crippen molar-refractivity contribution in [2.24, 2.45) is 11.8 Å². The van der Waals surface area contributed by atoms with Gasteiger partial charge in [0.1, 0.15) is 18.8 Å². The second kappa shape index (κ2) is 43.5. The van der Waals surface area contributed by atoms with E-state index in [-0.39, 0.29) is 61.4 Å². The van der Waals surface area contributed by atoms with Crippen LogP contribution in [0.3, 0.4) is 0 Å². The van der Waals surface area contributed by atoms with Crippen LogP contribution in [-0.2, 0) is 197 Å². The standard InChI is InChI=1S/C20H24N2O10.C13H22O5.C7H3ClN2O5.CH4.S19/c1-3-10(2)19-14(23)7-17-18(32-19)8-16(31-17)15(24)9-30-20(25)11-4-12(21(26)27)6-13(5-11)22(28)29;1-3-7(2)13-8(15)4-11-12(18-13)5-10(17-11)9(16)6-14;8-7(11)4-1-5(9(12)13)3-6(2-4)10(14)15;;1-3-5-7-9-11-13-15-17-19-18-16-14-12-10-8-6-4-2/h3-6,10,14-19,23-24H,1,7-9H2,2H3;3,7-16H,1,4-6H2,2H3;1-3H;1H4;/t10-,14-,15-,16-,17+,18+,19-;7-,8-,9-,10-,11+,12+,13-;;;/m00.../s1. The van der Waals surface area contributed by atoms with E-state index in [1.807, 2.05) is 13.8 Å². The largest absolute Gasteiger partial charge is 0.459 e. The molecule has 0 spiro atoms. The average Bonchev–Trinajstić information content (AvgIpc) is 2.56. The number of nitro benzene ring substituents is 4. The van der Waals surface area contributed by atoms with Gasteiger partial charge in [-0.25, -0.2) is 4.79 Å². The Labute approximate surface area is 549 Å². The van der Waals surface area contributed by atoms with Gasteiger partial charge in [-0.2, -0.15) is 0 Å². The molecule has 5 N–H and O–H groups in total. The normalized spacial score (nSPS) is 23.4. The first-order chi connectivity index (χ1) is 40.0. The van der Waals surface area contributed by atoms with Crippen molar-refractivity contribution in [3.8, 4) is 0 Å². The summed E-state index contributed by atoms with van der Waals surface area (Å²) >= 11 is 14.6. The third-order valence-corrected chi connectivity index (χ3v) is 47.4. The highest BCUT2D eigenvalue weighted by molar-refractivity contribution is 8.78. The zero-order chi connectivity index (χ0) is 62.5. The Morgan fingerprint density at radius 2 is 0.894 bits per heavy atom. The van der Waals surface area contributed by atoms with Gasteiger partial charge >= 0.3 is 5.97 Å². The van der Waals surface area contributed by atoms with Crippen LogP contribution < -0.4 is 0 Å². The van der Waals surface area contributed by atoms with Crippen molar-refractivity contribution in [2.45, 2.75) is 120 Å². The Hall–Kier alpha value is -1.23. The molecule has 4 fully saturated rings. The number of carbonyl (C=O) groups is 2.